The molecule has 0 aliphatic carbocycles. The summed E-state index contributed by atoms with van der Waals surface area (Å²) in [5.74, 6) is 0.441. The molecule has 1 aliphatic rings. The number of ether oxygens (including phenoxy) is 1. The summed E-state index contributed by atoms with van der Waals surface area (Å²) in [6.07, 6.45) is 0. The zero-order valence-electron chi connectivity index (χ0n) is 16.2. The standard InChI is InChI=1S/C20H26ClN3O3S/c1-23-9-11-24(12-10-23)15-17-5-3-16(4-6-17)14-22-28(25,26)18-7-8-20(27-2)19(21)13-18/h3-8,13,22H,9-12,14-15H2,1-2H3. The van der Waals surface area contributed by atoms with Gasteiger partial charge in [-0.15, -0.1) is 0 Å². The molecule has 0 spiro atoms. The van der Waals surface area contributed by atoms with E-state index in [1.165, 1.54) is 24.8 Å². The molecule has 0 unspecified atom stereocenters. The molecule has 2 aromatic rings. The molecular weight excluding hydrogens is 398 g/mol. The van der Waals surface area contributed by atoms with Crippen LogP contribution >= 0.6 is 11.6 Å². The van der Waals surface area contributed by atoms with Gasteiger partial charge in [-0.05, 0) is 36.4 Å². The summed E-state index contributed by atoms with van der Waals surface area (Å²) in [5.41, 5.74) is 2.14. The number of nitrogens with one attached hydrogen (secondary N) is 1. The first-order valence-electron chi connectivity index (χ1n) is 9.19. The minimum atomic E-state index is -3.65. The van der Waals surface area contributed by atoms with Crippen molar-refractivity contribution in [1.82, 2.24) is 14.5 Å². The predicted molar refractivity (Wildman–Crippen MR) is 111 cm³/mol. The van der Waals surface area contributed by atoms with E-state index in [2.05, 4.69) is 33.7 Å². The van der Waals surface area contributed by atoms with Crippen molar-refractivity contribution in [3.05, 3.63) is 58.6 Å². The van der Waals surface area contributed by atoms with Gasteiger partial charge in [0.15, 0.2) is 0 Å². The van der Waals surface area contributed by atoms with Gasteiger partial charge in [0.25, 0.3) is 0 Å². The van der Waals surface area contributed by atoms with E-state index >= 15 is 0 Å². The lowest BCUT2D eigenvalue weighted by Crippen LogP contribution is -2.43. The number of halogens is 1. The Kier molecular flexibility index (Phi) is 6.95. The third-order valence-corrected chi connectivity index (χ3v) is 6.62. The van der Waals surface area contributed by atoms with Crippen molar-refractivity contribution in [2.24, 2.45) is 0 Å². The molecule has 1 saturated heterocycles. The fourth-order valence-corrected chi connectivity index (χ4v) is 4.47. The van der Waals surface area contributed by atoms with Crippen molar-refractivity contribution in [2.75, 3.05) is 40.3 Å². The maximum absolute atomic E-state index is 12.5. The molecular formula is C20H26ClN3O3S. The number of benzene rings is 2. The number of piperazine rings is 1. The predicted octanol–water partition coefficient (Wildman–Crippen LogP) is 2.57. The van der Waals surface area contributed by atoms with Crippen molar-refractivity contribution < 1.29 is 13.2 Å². The van der Waals surface area contributed by atoms with Crippen molar-refractivity contribution in [1.29, 1.82) is 0 Å². The fraction of sp³-hybridized carbons (Fsp3) is 0.400. The average Bonchev–Trinajstić information content (AvgIpc) is 2.69. The Bertz CT molecular complexity index is 895. The normalized spacial score (nSPS) is 16.2. The molecule has 3 rings (SSSR count). The molecule has 6 nitrogen and oxygen atoms in total. The highest BCUT2D eigenvalue weighted by Crippen LogP contribution is 2.26. The Morgan fingerprint density at radius 1 is 1.04 bits per heavy atom. The molecule has 0 bridgehead atoms. The highest BCUT2D eigenvalue weighted by Gasteiger charge is 2.16. The van der Waals surface area contributed by atoms with Crippen LogP contribution in [0.4, 0.5) is 0 Å². The van der Waals surface area contributed by atoms with E-state index in [4.69, 9.17) is 16.3 Å². The minimum Gasteiger partial charge on any atom is -0.495 e. The third-order valence-electron chi connectivity index (χ3n) is 4.92. The van der Waals surface area contributed by atoms with Gasteiger partial charge < -0.3 is 9.64 Å². The van der Waals surface area contributed by atoms with E-state index in [1.54, 1.807) is 6.07 Å². The van der Waals surface area contributed by atoms with E-state index in [1.807, 2.05) is 12.1 Å². The molecule has 2 aromatic carbocycles. The Morgan fingerprint density at radius 2 is 1.68 bits per heavy atom. The molecule has 1 N–H and O–H groups in total. The van der Waals surface area contributed by atoms with E-state index in [-0.39, 0.29) is 16.5 Å². The highest BCUT2D eigenvalue weighted by atomic mass is 35.5. The zero-order valence-corrected chi connectivity index (χ0v) is 17.8. The lowest BCUT2D eigenvalue weighted by molar-refractivity contribution is 0.148. The Hall–Kier alpha value is -1.64. The first kappa shape index (κ1) is 21.1. The fourth-order valence-electron chi connectivity index (χ4n) is 3.10. The van der Waals surface area contributed by atoms with Crippen LogP contribution in [0.2, 0.25) is 5.02 Å². The molecule has 0 aromatic heterocycles. The van der Waals surface area contributed by atoms with Crippen LogP contribution in [0.3, 0.4) is 0 Å². The van der Waals surface area contributed by atoms with Gasteiger partial charge in [0.05, 0.1) is 17.0 Å². The Labute approximate surface area is 172 Å². The van der Waals surface area contributed by atoms with Crippen molar-refractivity contribution in [3.8, 4) is 5.75 Å². The van der Waals surface area contributed by atoms with Gasteiger partial charge in [0.1, 0.15) is 5.75 Å². The van der Waals surface area contributed by atoms with Crippen LogP contribution < -0.4 is 9.46 Å². The molecule has 0 saturated carbocycles. The van der Waals surface area contributed by atoms with Gasteiger partial charge in [-0.1, -0.05) is 35.9 Å². The second kappa shape index (κ2) is 9.24. The third kappa shape index (κ3) is 5.46. The summed E-state index contributed by atoms with van der Waals surface area (Å²) >= 11 is 6.03. The number of sulfonamides is 1. The van der Waals surface area contributed by atoms with Gasteiger partial charge in [-0.3, -0.25) is 4.90 Å². The molecule has 1 fully saturated rings. The lowest BCUT2D eigenvalue weighted by atomic mass is 10.1. The lowest BCUT2D eigenvalue weighted by Gasteiger charge is -2.32. The van der Waals surface area contributed by atoms with E-state index in [9.17, 15) is 8.42 Å². The summed E-state index contributed by atoms with van der Waals surface area (Å²) < 4.78 is 32.7. The molecule has 8 heteroatoms. The zero-order chi connectivity index (χ0) is 20.1. The molecule has 0 radical (unpaired) electrons. The first-order chi connectivity index (χ1) is 13.4. The first-order valence-corrected chi connectivity index (χ1v) is 11.1. The highest BCUT2D eigenvalue weighted by molar-refractivity contribution is 7.89. The van der Waals surface area contributed by atoms with Crippen molar-refractivity contribution >= 4 is 21.6 Å². The number of nitrogens with zero attached hydrogens (tertiary/aromatic N) is 2. The number of hydrogen-bond acceptors (Lipinski definition) is 5. The summed E-state index contributed by atoms with van der Waals surface area (Å²) in [7, 11) is -0.0138. The van der Waals surface area contributed by atoms with Crippen LogP contribution in [0.15, 0.2) is 47.4 Å². The largest absolute Gasteiger partial charge is 0.495 e. The van der Waals surface area contributed by atoms with Crippen LogP contribution in [-0.4, -0.2) is 58.6 Å². The molecule has 152 valence electrons. The quantitative estimate of drug-likeness (QED) is 0.741. The molecule has 1 aliphatic heterocycles. The van der Waals surface area contributed by atoms with Crippen LogP contribution in [0.5, 0.6) is 5.75 Å². The second-order valence-electron chi connectivity index (χ2n) is 7.02. The smallest absolute Gasteiger partial charge is 0.240 e. The molecule has 0 atom stereocenters. The minimum absolute atomic E-state index is 0.116. The second-order valence-corrected chi connectivity index (χ2v) is 9.19. The van der Waals surface area contributed by atoms with E-state index < -0.39 is 10.0 Å². The topological polar surface area (TPSA) is 61.9 Å². The summed E-state index contributed by atoms with van der Waals surface area (Å²) in [5, 5.41) is 0.263. The number of methoxy groups -OCH3 is 1. The molecule has 0 amide bonds. The van der Waals surface area contributed by atoms with Gasteiger partial charge in [-0.2, -0.15) is 0 Å². The van der Waals surface area contributed by atoms with Gasteiger partial charge in [0.2, 0.25) is 10.0 Å². The SMILES string of the molecule is COc1ccc(S(=O)(=O)NCc2ccc(CN3CCN(C)CC3)cc2)cc1Cl. The van der Waals surface area contributed by atoms with Gasteiger partial charge in [0, 0.05) is 39.3 Å². The monoisotopic (exact) mass is 423 g/mol. The number of hydrogen-bond donors (Lipinski definition) is 1. The number of likely N-dealkylation sites (N-methyl/N-ethyl adjacent to an activating group) is 1. The summed E-state index contributed by atoms with van der Waals surface area (Å²) in [4.78, 5) is 4.89. The summed E-state index contributed by atoms with van der Waals surface area (Å²) in [6.45, 7) is 5.47. The van der Waals surface area contributed by atoms with Crippen LogP contribution in [-0.2, 0) is 23.1 Å². The van der Waals surface area contributed by atoms with Crippen LogP contribution in [0.25, 0.3) is 0 Å². The van der Waals surface area contributed by atoms with Crippen LogP contribution in [0.1, 0.15) is 11.1 Å². The van der Waals surface area contributed by atoms with Crippen LogP contribution in [0, 0.1) is 0 Å². The maximum atomic E-state index is 12.5. The van der Waals surface area contributed by atoms with E-state index in [0.717, 1.165) is 38.3 Å². The van der Waals surface area contributed by atoms with Crippen molar-refractivity contribution in [2.45, 2.75) is 18.0 Å². The van der Waals surface area contributed by atoms with E-state index in [0.29, 0.717) is 5.75 Å². The maximum Gasteiger partial charge on any atom is 0.240 e. The average molecular weight is 424 g/mol. The summed E-state index contributed by atoms with van der Waals surface area (Å²) in [6, 6.07) is 12.5. The van der Waals surface area contributed by atoms with Gasteiger partial charge >= 0.3 is 0 Å². The number of rotatable bonds is 7. The molecule has 28 heavy (non-hydrogen) atoms. The van der Waals surface area contributed by atoms with Crippen molar-refractivity contribution in [3.63, 3.8) is 0 Å². The van der Waals surface area contributed by atoms with Gasteiger partial charge in [-0.25, -0.2) is 13.1 Å². The Morgan fingerprint density at radius 3 is 2.29 bits per heavy atom. The molecule has 1 heterocycles. The Balaban J connectivity index is 1.57.